The molecular formula is C28H25BrN8O5S. The first-order chi connectivity index (χ1) is 20.7. The predicted molar refractivity (Wildman–Crippen MR) is 162 cm³/mol. The number of carbonyl (C=O) groups excluding carboxylic acids is 2. The van der Waals surface area contributed by atoms with Gasteiger partial charge in [0.15, 0.2) is 0 Å². The monoisotopic (exact) mass is 664 g/mol. The van der Waals surface area contributed by atoms with Crippen molar-refractivity contribution in [3.05, 3.63) is 82.5 Å². The Labute approximate surface area is 254 Å². The van der Waals surface area contributed by atoms with Gasteiger partial charge in [0.05, 0.1) is 35.0 Å². The van der Waals surface area contributed by atoms with Gasteiger partial charge in [-0.1, -0.05) is 34.1 Å². The maximum atomic E-state index is 13.5. The number of ether oxygens (including phenoxy) is 1. The average Bonchev–Trinajstić information content (AvgIpc) is 3.67. The molecule has 6 rings (SSSR count). The molecule has 3 heterocycles. The zero-order chi connectivity index (χ0) is 30.1. The third kappa shape index (κ3) is 5.67. The average molecular weight is 666 g/mol. The molecule has 5 aromatic rings. The molecule has 1 aliphatic rings. The van der Waals surface area contributed by atoms with Crippen LogP contribution in [-0.4, -0.2) is 76.0 Å². The summed E-state index contributed by atoms with van der Waals surface area (Å²) in [5, 5.41) is 20.6. The number of tetrazole rings is 1. The lowest BCUT2D eigenvalue weighted by molar-refractivity contribution is 0.0730. The van der Waals surface area contributed by atoms with E-state index in [9.17, 15) is 18.0 Å². The lowest BCUT2D eigenvalue weighted by Gasteiger charge is -2.26. The highest BCUT2D eigenvalue weighted by molar-refractivity contribution is 9.10. The molecule has 1 fully saturated rings. The van der Waals surface area contributed by atoms with Gasteiger partial charge < -0.3 is 19.9 Å². The molecule has 220 valence electrons. The van der Waals surface area contributed by atoms with Gasteiger partial charge in [-0.2, -0.15) is 9.52 Å². The van der Waals surface area contributed by atoms with Crippen LogP contribution in [-0.2, 0) is 21.8 Å². The molecule has 0 aliphatic carbocycles. The van der Waals surface area contributed by atoms with Crippen LogP contribution in [0.1, 0.15) is 20.8 Å². The fourth-order valence-electron chi connectivity index (χ4n) is 4.94. The summed E-state index contributed by atoms with van der Waals surface area (Å²) in [5.74, 6) is -0.553. The van der Waals surface area contributed by atoms with Gasteiger partial charge in [0.25, 0.3) is 11.8 Å². The molecule has 2 aromatic heterocycles. The molecule has 0 bridgehead atoms. The summed E-state index contributed by atoms with van der Waals surface area (Å²) in [6.45, 7) is 1.15. The maximum absolute atomic E-state index is 13.5. The second-order valence-corrected chi connectivity index (χ2v) is 12.6. The molecule has 0 unspecified atom stereocenters. The third-order valence-corrected chi connectivity index (χ3v) is 9.45. The Morgan fingerprint density at radius 3 is 2.49 bits per heavy atom. The molecule has 3 N–H and O–H groups in total. The minimum atomic E-state index is -3.78. The van der Waals surface area contributed by atoms with Gasteiger partial charge in [0.1, 0.15) is 5.69 Å². The number of aromatic nitrogens is 5. The van der Waals surface area contributed by atoms with Gasteiger partial charge in [-0.25, -0.2) is 8.42 Å². The van der Waals surface area contributed by atoms with Crippen molar-refractivity contribution in [3.8, 4) is 11.4 Å². The summed E-state index contributed by atoms with van der Waals surface area (Å²) in [6.07, 6.45) is 0. The normalized spacial score (nSPS) is 14.1. The summed E-state index contributed by atoms with van der Waals surface area (Å²) in [6, 6.07) is 18.3. The van der Waals surface area contributed by atoms with Gasteiger partial charge in [-0.3, -0.25) is 9.59 Å². The Morgan fingerprint density at radius 2 is 1.72 bits per heavy atom. The van der Waals surface area contributed by atoms with Gasteiger partial charge in [-0.05, 0) is 53.7 Å². The Bertz CT molecular complexity index is 1950. The first kappa shape index (κ1) is 28.7. The number of nitrogens with one attached hydrogen (secondary N) is 3. The second-order valence-electron chi connectivity index (χ2n) is 9.71. The standard InChI is InChI=1S/C28H25BrN8O5S/c1-36-24(28(39)30-22-9-8-19(29)16-21(22)26-32-34-35-33-26)15-17-4-3-7-23(25(17)36)31-27(38)18-5-2-6-20(14-18)43(40,41)37-10-12-42-13-11-37/h2-9,14-16H,10-13H2,1H3,(H,30,39)(H,31,38)(H,32,33,34,35). The Morgan fingerprint density at radius 1 is 0.953 bits per heavy atom. The fraction of sp³-hybridized carbons (Fsp3) is 0.179. The predicted octanol–water partition coefficient (Wildman–Crippen LogP) is 3.65. The maximum Gasteiger partial charge on any atom is 0.272 e. The van der Waals surface area contributed by atoms with Crippen molar-refractivity contribution in [2.75, 3.05) is 36.9 Å². The van der Waals surface area contributed by atoms with E-state index in [1.54, 1.807) is 60.1 Å². The molecule has 1 aliphatic heterocycles. The van der Waals surface area contributed by atoms with Crippen LogP contribution in [0.3, 0.4) is 0 Å². The first-order valence-corrected chi connectivity index (χ1v) is 15.4. The number of morpholine rings is 1. The summed E-state index contributed by atoms with van der Waals surface area (Å²) in [4.78, 5) is 26.8. The van der Waals surface area contributed by atoms with Crippen LogP contribution < -0.4 is 10.6 Å². The van der Waals surface area contributed by atoms with Crippen LogP contribution in [0, 0.1) is 0 Å². The van der Waals surface area contributed by atoms with E-state index in [1.165, 1.54) is 16.4 Å². The molecule has 0 atom stereocenters. The molecular weight excluding hydrogens is 640 g/mol. The summed E-state index contributed by atoms with van der Waals surface area (Å²) >= 11 is 3.43. The number of amides is 2. The minimum Gasteiger partial charge on any atom is -0.379 e. The number of benzene rings is 3. The van der Waals surface area contributed by atoms with E-state index in [0.717, 1.165) is 9.86 Å². The van der Waals surface area contributed by atoms with E-state index in [4.69, 9.17) is 4.74 Å². The molecule has 13 nitrogen and oxygen atoms in total. The number of rotatable bonds is 7. The van der Waals surface area contributed by atoms with Crippen LogP contribution in [0.15, 0.2) is 76.1 Å². The van der Waals surface area contributed by atoms with E-state index >= 15 is 0 Å². The SMILES string of the molecule is Cn1c(C(=O)Nc2ccc(Br)cc2-c2nn[nH]n2)cc2cccc(NC(=O)c3cccc(S(=O)(=O)N4CCOCC4)c3)c21. The van der Waals surface area contributed by atoms with Gasteiger partial charge in [0, 0.05) is 41.1 Å². The molecule has 3 aromatic carbocycles. The first-order valence-electron chi connectivity index (χ1n) is 13.1. The number of halogens is 1. The lowest BCUT2D eigenvalue weighted by atomic mass is 10.1. The highest BCUT2D eigenvalue weighted by Crippen LogP contribution is 2.31. The van der Waals surface area contributed by atoms with Crippen molar-refractivity contribution in [1.29, 1.82) is 0 Å². The Balaban J connectivity index is 1.27. The molecule has 15 heteroatoms. The molecule has 0 spiro atoms. The number of para-hydroxylation sites is 1. The van der Waals surface area contributed by atoms with Crippen LogP contribution in [0.4, 0.5) is 11.4 Å². The number of fused-ring (bicyclic) bond motifs is 1. The number of anilines is 2. The van der Waals surface area contributed by atoms with E-state index in [1.807, 2.05) is 6.07 Å². The summed E-state index contributed by atoms with van der Waals surface area (Å²) in [5.41, 5.74) is 2.66. The topological polar surface area (TPSA) is 164 Å². The van der Waals surface area contributed by atoms with E-state index < -0.39 is 15.9 Å². The smallest absolute Gasteiger partial charge is 0.272 e. The number of hydrogen-bond donors (Lipinski definition) is 3. The molecule has 43 heavy (non-hydrogen) atoms. The fourth-order valence-corrected chi connectivity index (χ4v) is 6.75. The van der Waals surface area contributed by atoms with Gasteiger partial charge in [0.2, 0.25) is 15.8 Å². The molecule has 1 saturated heterocycles. The van der Waals surface area contributed by atoms with Crippen molar-refractivity contribution >= 4 is 60.0 Å². The lowest BCUT2D eigenvalue weighted by Crippen LogP contribution is -2.40. The molecule has 2 amide bonds. The number of hydrogen-bond acceptors (Lipinski definition) is 8. The van der Waals surface area contributed by atoms with E-state index in [2.05, 4.69) is 47.2 Å². The van der Waals surface area contributed by atoms with Crippen LogP contribution in [0.2, 0.25) is 0 Å². The quantitative estimate of drug-likeness (QED) is 0.237. The van der Waals surface area contributed by atoms with Gasteiger partial charge >= 0.3 is 0 Å². The van der Waals surface area contributed by atoms with Crippen LogP contribution >= 0.6 is 15.9 Å². The van der Waals surface area contributed by atoms with Crippen molar-refractivity contribution in [2.45, 2.75) is 4.90 Å². The number of nitrogens with zero attached hydrogens (tertiary/aromatic N) is 5. The Kier molecular flexibility index (Phi) is 7.79. The Hall–Kier alpha value is -4.44. The van der Waals surface area contributed by atoms with E-state index in [-0.39, 0.29) is 29.5 Å². The summed E-state index contributed by atoms with van der Waals surface area (Å²) < 4.78 is 35.3. The van der Waals surface area contributed by atoms with Crippen molar-refractivity contribution in [2.24, 2.45) is 7.05 Å². The number of aromatic amines is 1. The number of carbonyl (C=O) groups is 2. The van der Waals surface area contributed by atoms with Crippen molar-refractivity contribution in [1.82, 2.24) is 29.5 Å². The molecule has 0 radical (unpaired) electrons. The van der Waals surface area contributed by atoms with Crippen LogP contribution in [0.5, 0.6) is 0 Å². The summed E-state index contributed by atoms with van der Waals surface area (Å²) in [7, 11) is -2.05. The van der Waals surface area contributed by atoms with Crippen molar-refractivity contribution < 1.29 is 22.7 Å². The minimum absolute atomic E-state index is 0.0335. The van der Waals surface area contributed by atoms with E-state index in [0.29, 0.717) is 47.2 Å². The zero-order valence-corrected chi connectivity index (χ0v) is 25.1. The number of sulfonamides is 1. The van der Waals surface area contributed by atoms with Crippen molar-refractivity contribution in [3.63, 3.8) is 0 Å². The third-order valence-electron chi connectivity index (χ3n) is 7.06. The molecule has 0 saturated carbocycles. The highest BCUT2D eigenvalue weighted by atomic mass is 79.9. The zero-order valence-electron chi connectivity index (χ0n) is 22.7. The second kappa shape index (κ2) is 11.7. The van der Waals surface area contributed by atoms with Crippen LogP contribution in [0.25, 0.3) is 22.3 Å². The number of aryl methyl sites for hydroxylation is 1. The number of H-pyrrole nitrogens is 1. The highest BCUT2D eigenvalue weighted by Gasteiger charge is 2.27. The largest absolute Gasteiger partial charge is 0.379 e. The van der Waals surface area contributed by atoms with Gasteiger partial charge in [-0.15, -0.1) is 10.2 Å².